The van der Waals surface area contributed by atoms with Crippen molar-refractivity contribution in [3.8, 4) is 0 Å². The molecule has 0 radical (unpaired) electrons. The van der Waals surface area contributed by atoms with Crippen LogP contribution in [0.15, 0.2) is 24.3 Å². The molecule has 0 saturated heterocycles. The van der Waals surface area contributed by atoms with Gasteiger partial charge in [-0.2, -0.15) is 0 Å². The highest BCUT2D eigenvalue weighted by Gasteiger charge is 2.46. The highest BCUT2D eigenvalue weighted by molar-refractivity contribution is 6.02. The van der Waals surface area contributed by atoms with Crippen molar-refractivity contribution in [2.75, 3.05) is 0 Å². The maximum atomic E-state index is 12.6. The highest BCUT2D eigenvalue weighted by atomic mass is 16.1. The molecule has 1 aromatic rings. The molecule has 0 bridgehead atoms. The zero-order chi connectivity index (χ0) is 11.2. The smallest absolute Gasteiger partial charge is 0.169 e. The summed E-state index contributed by atoms with van der Waals surface area (Å²) in [5, 5.41) is 0. The van der Waals surface area contributed by atoms with Crippen molar-refractivity contribution in [2.24, 2.45) is 11.3 Å². The van der Waals surface area contributed by atoms with Crippen LogP contribution in [0, 0.1) is 11.3 Å². The number of benzene rings is 1. The third kappa shape index (κ3) is 1.27. The van der Waals surface area contributed by atoms with Gasteiger partial charge in [0.2, 0.25) is 0 Å². The number of hydrogen-bond acceptors (Lipinski definition) is 1. The van der Waals surface area contributed by atoms with Gasteiger partial charge in [0.1, 0.15) is 0 Å². The largest absolute Gasteiger partial charge is 0.294 e. The molecule has 0 N–H and O–H groups in total. The fourth-order valence-electron chi connectivity index (χ4n) is 3.52. The molecule has 1 fully saturated rings. The first-order chi connectivity index (χ1) is 7.72. The summed E-state index contributed by atoms with van der Waals surface area (Å²) in [6.45, 7) is 2.19. The second kappa shape index (κ2) is 3.44. The fraction of sp³-hybridized carbons (Fsp3) is 0.533. The molecule has 0 spiro atoms. The molecule has 2 unspecified atom stereocenters. The van der Waals surface area contributed by atoms with Gasteiger partial charge in [0.15, 0.2) is 5.78 Å². The summed E-state index contributed by atoms with van der Waals surface area (Å²) in [6, 6.07) is 8.18. The predicted molar refractivity (Wildman–Crippen MR) is 64.5 cm³/mol. The van der Waals surface area contributed by atoms with Gasteiger partial charge in [0.05, 0.1) is 0 Å². The number of carbonyl (C=O) groups is 1. The van der Waals surface area contributed by atoms with E-state index in [2.05, 4.69) is 19.1 Å². The van der Waals surface area contributed by atoms with E-state index in [-0.39, 0.29) is 5.41 Å². The molecule has 0 aromatic heterocycles. The minimum absolute atomic E-state index is 0.0629. The molecular formula is C15H18O. The van der Waals surface area contributed by atoms with Crippen molar-refractivity contribution < 1.29 is 4.79 Å². The molecule has 2 aliphatic carbocycles. The molecule has 0 heterocycles. The standard InChI is InChI=1S/C15H18O/c1-15-9-5-4-7-12(15)10-11-6-2-3-8-13(11)14(15)16/h2-3,6,8,12H,4-5,7,9-10H2,1H3. The van der Waals surface area contributed by atoms with Gasteiger partial charge in [-0.3, -0.25) is 4.79 Å². The predicted octanol–water partition coefficient (Wildman–Crippen LogP) is 3.62. The maximum Gasteiger partial charge on any atom is 0.169 e. The van der Waals surface area contributed by atoms with E-state index in [1.807, 2.05) is 12.1 Å². The van der Waals surface area contributed by atoms with Crippen LogP contribution in [-0.4, -0.2) is 5.78 Å². The van der Waals surface area contributed by atoms with Crippen molar-refractivity contribution >= 4 is 5.78 Å². The molecule has 3 rings (SSSR count). The fourth-order valence-corrected chi connectivity index (χ4v) is 3.52. The summed E-state index contributed by atoms with van der Waals surface area (Å²) < 4.78 is 0. The van der Waals surface area contributed by atoms with E-state index in [1.165, 1.54) is 24.8 Å². The summed E-state index contributed by atoms with van der Waals surface area (Å²) >= 11 is 0. The lowest BCUT2D eigenvalue weighted by atomic mass is 9.58. The first kappa shape index (κ1) is 10.1. The van der Waals surface area contributed by atoms with Gasteiger partial charge in [-0.25, -0.2) is 0 Å². The molecule has 0 amide bonds. The Hall–Kier alpha value is -1.11. The molecule has 2 atom stereocenters. The Morgan fingerprint density at radius 1 is 1.25 bits per heavy atom. The van der Waals surface area contributed by atoms with E-state index in [1.54, 1.807) is 0 Å². The Bertz CT molecular complexity index is 435. The van der Waals surface area contributed by atoms with E-state index in [4.69, 9.17) is 0 Å². The molecule has 1 aromatic carbocycles. The zero-order valence-corrected chi connectivity index (χ0v) is 9.83. The second-order valence-electron chi connectivity index (χ2n) is 5.55. The van der Waals surface area contributed by atoms with E-state index in [0.717, 1.165) is 18.4 Å². The van der Waals surface area contributed by atoms with Gasteiger partial charge in [-0.15, -0.1) is 0 Å². The van der Waals surface area contributed by atoms with Crippen molar-refractivity contribution in [3.63, 3.8) is 0 Å². The maximum absolute atomic E-state index is 12.6. The summed E-state index contributed by atoms with van der Waals surface area (Å²) in [5.74, 6) is 0.989. The molecule has 84 valence electrons. The molecule has 1 nitrogen and oxygen atoms in total. The van der Waals surface area contributed by atoms with Gasteiger partial charge < -0.3 is 0 Å². The summed E-state index contributed by atoms with van der Waals surface area (Å²) in [4.78, 5) is 12.6. The van der Waals surface area contributed by atoms with Crippen LogP contribution in [0.25, 0.3) is 0 Å². The van der Waals surface area contributed by atoms with Crippen molar-refractivity contribution in [1.29, 1.82) is 0 Å². The van der Waals surface area contributed by atoms with Crippen LogP contribution >= 0.6 is 0 Å². The van der Waals surface area contributed by atoms with E-state index in [9.17, 15) is 4.79 Å². The summed E-state index contributed by atoms with van der Waals surface area (Å²) in [5.41, 5.74) is 2.20. The van der Waals surface area contributed by atoms with Crippen LogP contribution in [0.1, 0.15) is 48.5 Å². The lowest BCUT2D eigenvalue weighted by molar-refractivity contribution is 0.0552. The summed E-state index contributed by atoms with van der Waals surface area (Å²) in [6.07, 6.45) is 5.95. The number of hydrogen-bond donors (Lipinski definition) is 0. The lowest BCUT2D eigenvalue weighted by Crippen LogP contribution is -2.43. The molecule has 1 heteroatoms. The highest BCUT2D eigenvalue weighted by Crippen LogP contribution is 2.48. The van der Waals surface area contributed by atoms with E-state index < -0.39 is 0 Å². The van der Waals surface area contributed by atoms with Gasteiger partial charge in [0.25, 0.3) is 0 Å². The number of rotatable bonds is 0. The number of ketones is 1. The average Bonchev–Trinajstić information content (AvgIpc) is 2.31. The minimum atomic E-state index is -0.0629. The Morgan fingerprint density at radius 2 is 2.06 bits per heavy atom. The molecule has 1 saturated carbocycles. The van der Waals surface area contributed by atoms with Crippen LogP contribution < -0.4 is 0 Å². The van der Waals surface area contributed by atoms with Gasteiger partial charge in [0, 0.05) is 11.0 Å². The number of Topliss-reactive ketones (excluding diaryl/α,β-unsaturated/α-hetero) is 1. The Morgan fingerprint density at radius 3 is 2.94 bits per heavy atom. The van der Waals surface area contributed by atoms with Crippen LogP contribution in [-0.2, 0) is 6.42 Å². The third-order valence-electron chi connectivity index (χ3n) is 4.65. The monoisotopic (exact) mass is 214 g/mol. The van der Waals surface area contributed by atoms with Crippen LogP contribution in [0.3, 0.4) is 0 Å². The van der Waals surface area contributed by atoms with Gasteiger partial charge >= 0.3 is 0 Å². The quantitative estimate of drug-likeness (QED) is 0.644. The lowest BCUT2D eigenvalue weighted by Gasteiger charge is -2.44. The van der Waals surface area contributed by atoms with Crippen molar-refractivity contribution in [3.05, 3.63) is 35.4 Å². The van der Waals surface area contributed by atoms with Crippen LogP contribution in [0.2, 0.25) is 0 Å². The summed E-state index contributed by atoms with van der Waals surface area (Å²) in [7, 11) is 0. The van der Waals surface area contributed by atoms with Crippen molar-refractivity contribution in [1.82, 2.24) is 0 Å². The minimum Gasteiger partial charge on any atom is -0.294 e. The van der Waals surface area contributed by atoms with E-state index in [0.29, 0.717) is 11.7 Å². The topological polar surface area (TPSA) is 17.1 Å². The Kier molecular flexibility index (Phi) is 2.17. The van der Waals surface area contributed by atoms with Gasteiger partial charge in [-0.1, -0.05) is 44.0 Å². The van der Waals surface area contributed by atoms with Crippen LogP contribution in [0.5, 0.6) is 0 Å². The SMILES string of the molecule is CC12CCCCC1Cc1ccccc1C2=O. The Balaban J connectivity index is 2.09. The second-order valence-corrected chi connectivity index (χ2v) is 5.55. The molecule has 0 aliphatic heterocycles. The number of fused-ring (bicyclic) bond motifs is 2. The molecule has 16 heavy (non-hydrogen) atoms. The average molecular weight is 214 g/mol. The van der Waals surface area contributed by atoms with Crippen molar-refractivity contribution in [2.45, 2.75) is 39.0 Å². The molecular weight excluding hydrogens is 196 g/mol. The van der Waals surface area contributed by atoms with Gasteiger partial charge in [-0.05, 0) is 30.7 Å². The Labute approximate surface area is 96.9 Å². The first-order valence-electron chi connectivity index (χ1n) is 6.34. The first-order valence-corrected chi connectivity index (χ1v) is 6.34. The van der Waals surface area contributed by atoms with Crippen LogP contribution in [0.4, 0.5) is 0 Å². The van der Waals surface area contributed by atoms with E-state index >= 15 is 0 Å². The molecule has 2 aliphatic rings. The zero-order valence-electron chi connectivity index (χ0n) is 9.83. The number of carbonyl (C=O) groups excluding carboxylic acids is 1. The normalized spacial score (nSPS) is 33.1. The third-order valence-corrected chi connectivity index (χ3v) is 4.65.